The van der Waals surface area contributed by atoms with Crippen LogP contribution in [-0.4, -0.2) is 20.5 Å². The van der Waals surface area contributed by atoms with E-state index in [1.54, 1.807) is 11.4 Å². The maximum absolute atomic E-state index is 13.2. The van der Waals surface area contributed by atoms with Crippen LogP contribution in [0.1, 0.15) is 45.3 Å². The molecule has 1 aliphatic rings. The molecule has 6 nitrogen and oxygen atoms in total. The first-order valence-corrected chi connectivity index (χ1v) is 11.5. The molecule has 6 rings (SSSR count). The van der Waals surface area contributed by atoms with Crippen molar-refractivity contribution in [3.05, 3.63) is 105 Å². The fraction of sp³-hybridized carbons (Fsp3) is 0.179. The third-order valence-electron chi connectivity index (χ3n) is 6.95. The van der Waals surface area contributed by atoms with Crippen LogP contribution in [0.3, 0.4) is 0 Å². The highest BCUT2D eigenvalue weighted by Gasteiger charge is 2.27. The van der Waals surface area contributed by atoms with Gasteiger partial charge in [-0.15, -0.1) is 0 Å². The fourth-order valence-electron chi connectivity index (χ4n) is 5.15. The van der Waals surface area contributed by atoms with Crippen molar-refractivity contribution in [2.75, 3.05) is 0 Å². The summed E-state index contributed by atoms with van der Waals surface area (Å²) in [6.07, 6.45) is 1.81. The molecule has 0 saturated heterocycles. The molecule has 1 atom stereocenters. The van der Waals surface area contributed by atoms with E-state index in [1.807, 2.05) is 49.4 Å². The molecular formula is C28H24N4O2. The predicted molar refractivity (Wildman–Crippen MR) is 133 cm³/mol. The Morgan fingerprint density at radius 2 is 1.79 bits per heavy atom. The standard InChI is InChI=1S/C28H24N4O2/c1-16-24(27(33)29-23-14-13-19-8-5-6-10-22(19)23)31-32-17(2)25(30-28(34)26(16)32)21-12-11-18-7-3-4-9-20(18)15-21/h3-12,15,23H,13-14H2,1-2H3,(H,29,33)(H,30,34)/t23-/m0/s1. The quantitative estimate of drug-likeness (QED) is 0.413. The number of amides is 1. The number of nitrogens with one attached hydrogen (secondary N) is 2. The largest absolute Gasteiger partial charge is 0.344 e. The van der Waals surface area contributed by atoms with E-state index in [-0.39, 0.29) is 23.2 Å². The number of carbonyl (C=O) groups excluding carboxylic acids is 1. The number of aromatic nitrogens is 3. The maximum Gasteiger partial charge on any atom is 0.274 e. The van der Waals surface area contributed by atoms with Gasteiger partial charge >= 0.3 is 0 Å². The van der Waals surface area contributed by atoms with Gasteiger partial charge in [-0.25, -0.2) is 4.52 Å². The highest BCUT2D eigenvalue weighted by atomic mass is 16.2. The summed E-state index contributed by atoms with van der Waals surface area (Å²) in [6, 6.07) is 22.3. The fourth-order valence-corrected chi connectivity index (χ4v) is 5.15. The molecule has 34 heavy (non-hydrogen) atoms. The number of hydrogen-bond acceptors (Lipinski definition) is 3. The third-order valence-corrected chi connectivity index (χ3v) is 6.95. The van der Waals surface area contributed by atoms with Gasteiger partial charge in [0.15, 0.2) is 5.69 Å². The molecule has 2 heterocycles. The molecule has 0 radical (unpaired) electrons. The van der Waals surface area contributed by atoms with Gasteiger partial charge in [-0.3, -0.25) is 9.59 Å². The summed E-state index contributed by atoms with van der Waals surface area (Å²) in [5.41, 5.74) is 5.81. The van der Waals surface area contributed by atoms with Gasteiger partial charge < -0.3 is 10.3 Å². The Morgan fingerprint density at radius 1 is 1.03 bits per heavy atom. The van der Waals surface area contributed by atoms with Crippen LogP contribution in [0.4, 0.5) is 0 Å². The number of hydrogen-bond donors (Lipinski definition) is 2. The van der Waals surface area contributed by atoms with Crippen LogP contribution in [0.5, 0.6) is 0 Å². The van der Waals surface area contributed by atoms with E-state index >= 15 is 0 Å². The Bertz CT molecular complexity index is 1660. The Morgan fingerprint density at radius 3 is 2.65 bits per heavy atom. The van der Waals surface area contributed by atoms with Crippen LogP contribution in [0.25, 0.3) is 27.5 Å². The lowest BCUT2D eigenvalue weighted by atomic mass is 10.0. The monoisotopic (exact) mass is 448 g/mol. The van der Waals surface area contributed by atoms with Crippen molar-refractivity contribution in [3.8, 4) is 11.3 Å². The summed E-state index contributed by atoms with van der Waals surface area (Å²) in [4.78, 5) is 29.4. The number of benzene rings is 3. The summed E-state index contributed by atoms with van der Waals surface area (Å²) in [5.74, 6) is -0.256. The molecule has 0 bridgehead atoms. The molecule has 0 saturated carbocycles. The van der Waals surface area contributed by atoms with E-state index in [0.717, 1.165) is 40.4 Å². The molecule has 6 heteroatoms. The van der Waals surface area contributed by atoms with E-state index in [4.69, 9.17) is 0 Å². The minimum absolute atomic E-state index is 0.0412. The second-order valence-corrected chi connectivity index (χ2v) is 8.97. The summed E-state index contributed by atoms with van der Waals surface area (Å²) < 4.78 is 1.61. The summed E-state index contributed by atoms with van der Waals surface area (Å²) in [7, 11) is 0. The van der Waals surface area contributed by atoms with Crippen molar-refractivity contribution in [1.82, 2.24) is 19.9 Å². The molecule has 3 aromatic carbocycles. The van der Waals surface area contributed by atoms with Crippen molar-refractivity contribution >= 4 is 22.2 Å². The van der Waals surface area contributed by atoms with Gasteiger partial charge in [0.1, 0.15) is 5.52 Å². The Balaban J connectivity index is 1.41. The van der Waals surface area contributed by atoms with Crippen LogP contribution < -0.4 is 10.9 Å². The van der Waals surface area contributed by atoms with Gasteiger partial charge in [0, 0.05) is 11.1 Å². The molecule has 2 aromatic heterocycles. The number of rotatable bonds is 3. The lowest BCUT2D eigenvalue weighted by Gasteiger charge is -2.13. The Hall–Kier alpha value is -4.19. The number of nitrogens with zero attached hydrogens (tertiary/aromatic N) is 2. The van der Waals surface area contributed by atoms with Crippen molar-refractivity contribution in [1.29, 1.82) is 0 Å². The smallest absolute Gasteiger partial charge is 0.274 e. The van der Waals surface area contributed by atoms with Crippen molar-refractivity contribution in [2.45, 2.75) is 32.7 Å². The third kappa shape index (κ3) is 3.14. The molecule has 1 aliphatic carbocycles. The highest BCUT2D eigenvalue weighted by molar-refractivity contribution is 5.96. The van der Waals surface area contributed by atoms with Crippen LogP contribution in [0, 0.1) is 13.8 Å². The van der Waals surface area contributed by atoms with E-state index < -0.39 is 0 Å². The average Bonchev–Trinajstić information content (AvgIpc) is 3.42. The first-order chi connectivity index (χ1) is 16.5. The Kier molecular flexibility index (Phi) is 4.62. The van der Waals surface area contributed by atoms with Gasteiger partial charge in [-0.05, 0) is 54.7 Å². The van der Waals surface area contributed by atoms with Crippen LogP contribution in [0.15, 0.2) is 71.5 Å². The molecule has 5 aromatic rings. The van der Waals surface area contributed by atoms with E-state index in [0.29, 0.717) is 16.8 Å². The number of H-pyrrole nitrogens is 1. The van der Waals surface area contributed by atoms with Crippen LogP contribution >= 0.6 is 0 Å². The lowest BCUT2D eigenvalue weighted by Crippen LogP contribution is -2.28. The highest BCUT2D eigenvalue weighted by Crippen LogP contribution is 2.31. The molecule has 0 spiro atoms. The summed E-state index contributed by atoms with van der Waals surface area (Å²) in [6.45, 7) is 3.69. The van der Waals surface area contributed by atoms with Crippen LogP contribution in [-0.2, 0) is 6.42 Å². The molecule has 0 fully saturated rings. The van der Waals surface area contributed by atoms with E-state index in [1.165, 1.54) is 5.56 Å². The van der Waals surface area contributed by atoms with Crippen molar-refractivity contribution < 1.29 is 4.79 Å². The zero-order chi connectivity index (χ0) is 23.4. The second-order valence-electron chi connectivity index (χ2n) is 8.97. The molecule has 2 N–H and O–H groups in total. The zero-order valence-electron chi connectivity index (χ0n) is 19.1. The normalized spacial score (nSPS) is 15.1. The van der Waals surface area contributed by atoms with E-state index in [9.17, 15) is 9.59 Å². The number of aromatic amines is 1. The van der Waals surface area contributed by atoms with Gasteiger partial charge in [0.05, 0.1) is 17.4 Å². The first-order valence-electron chi connectivity index (χ1n) is 11.5. The van der Waals surface area contributed by atoms with Gasteiger partial charge in [-0.1, -0.05) is 60.7 Å². The topological polar surface area (TPSA) is 79.3 Å². The zero-order valence-corrected chi connectivity index (χ0v) is 19.1. The first kappa shape index (κ1) is 20.4. The lowest BCUT2D eigenvalue weighted by molar-refractivity contribution is 0.0930. The molecule has 0 unspecified atom stereocenters. The maximum atomic E-state index is 13.2. The van der Waals surface area contributed by atoms with Gasteiger partial charge in [0.2, 0.25) is 0 Å². The van der Waals surface area contributed by atoms with Crippen LogP contribution in [0.2, 0.25) is 0 Å². The number of carbonyl (C=O) groups is 1. The second kappa shape index (κ2) is 7.70. The molecule has 1 amide bonds. The molecular weight excluding hydrogens is 424 g/mol. The molecule has 0 aliphatic heterocycles. The summed E-state index contributed by atoms with van der Waals surface area (Å²) in [5, 5.41) is 9.96. The number of aryl methyl sites for hydroxylation is 3. The minimum Gasteiger partial charge on any atom is -0.344 e. The number of fused-ring (bicyclic) bond motifs is 3. The SMILES string of the molecule is Cc1c(C(=O)N[C@H]2CCc3ccccc32)nn2c(C)c(-c3ccc4ccccc4c3)[nH]c(=O)c12. The van der Waals surface area contributed by atoms with Crippen molar-refractivity contribution in [3.63, 3.8) is 0 Å². The minimum atomic E-state index is -0.260. The predicted octanol–water partition coefficient (Wildman–Crippen LogP) is 4.88. The van der Waals surface area contributed by atoms with Gasteiger partial charge in [-0.2, -0.15) is 5.10 Å². The average molecular weight is 449 g/mol. The molecule has 168 valence electrons. The van der Waals surface area contributed by atoms with Crippen molar-refractivity contribution in [2.24, 2.45) is 0 Å². The van der Waals surface area contributed by atoms with E-state index in [2.05, 4.69) is 39.7 Å². The van der Waals surface area contributed by atoms with Gasteiger partial charge in [0.25, 0.3) is 11.5 Å². The Labute approximate surface area is 196 Å². The summed E-state index contributed by atoms with van der Waals surface area (Å²) >= 11 is 0.